The van der Waals surface area contributed by atoms with Crippen molar-refractivity contribution in [3.8, 4) is 17.2 Å². The summed E-state index contributed by atoms with van der Waals surface area (Å²) in [4.78, 5) is 0. The molecule has 4 N–H and O–H groups in total. The van der Waals surface area contributed by atoms with Crippen LogP contribution in [0.15, 0.2) is 174 Å². The fraction of sp³-hybridized carbons (Fsp3) is 0.214. The number of ether oxygens (including phenoxy) is 2. The van der Waals surface area contributed by atoms with E-state index in [1.807, 2.05) is 132 Å². The van der Waals surface area contributed by atoms with Crippen LogP contribution in [0, 0.1) is 34.6 Å². The van der Waals surface area contributed by atoms with Crippen molar-refractivity contribution in [3.05, 3.63) is 161 Å². The zero-order chi connectivity index (χ0) is 61.1. The van der Waals surface area contributed by atoms with Crippen molar-refractivity contribution in [2.45, 2.75) is 53.9 Å². The summed E-state index contributed by atoms with van der Waals surface area (Å²) in [5, 5.41) is 54.0. The van der Waals surface area contributed by atoms with Crippen LogP contribution in [0.4, 0.5) is 56.9 Å². The summed E-state index contributed by atoms with van der Waals surface area (Å²) in [7, 11) is -14.5. The highest BCUT2D eigenvalue weighted by Crippen LogP contribution is 2.41. The first-order valence-electron chi connectivity index (χ1n) is 25.2. The smallest absolute Gasteiger partial charge is 0.425 e. The van der Waals surface area contributed by atoms with Gasteiger partial charge in [0.15, 0.2) is 5.75 Å². The average Bonchev–Trinajstić information content (AvgIpc) is 3.48. The third kappa shape index (κ3) is 20.1. The lowest BCUT2D eigenvalue weighted by Gasteiger charge is -2.11. The number of aryl methyl sites for hydroxylation is 5. The minimum Gasteiger partial charge on any atom is -0.505 e. The van der Waals surface area contributed by atoms with Crippen LogP contribution in [-0.4, -0.2) is 81.0 Å². The molecule has 0 aliphatic heterocycles. The molecule has 0 saturated carbocycles. The van der Waals surface area contributed by atoms with E-state index in [1.165, 1.54) is 0 Å². The van der Waals surface area contributed by atoms with Crippen LogP contribution >= 0.6 is 0 Å². The van der Waals surface area contributed by atoms with E-state index in [-0.39, 0.29) is 31.8 Å². The summed E-state index contributed by atoms with van der Waals surface area (Å²) in [5.41, 5.74) is 10.0. The summed E-state index contributed by atoms with van der Waals surface area (Å²) in [6.45, 7) is 9.66. The molecule has 0 aliphatic carbocycles. The van der Waals surface area contributed by atoms with E-state index < -0.39 is 53.0 Å². The Hall–Kier alpha value is -9.06. The molecular weight excluding hydrogens is 1170 g/mol. The Labute approximate surface area is 486 Å². The molecule has 84 heavy (non-hydrogen) atoms. The second-order valence-corrected chi connectivity index (χ2v) is 22.5. The fourth-order valence-corrected chi connectivity index (χ4v) is 9.01. The lowest BCUT2D eigenvalue weighted by atomic mass is 10.1. The number of nitrogens with one attached hydrogen (secondary N) is 1. The van der Waals surface area contributed by atoms with Crippen LogP contribution in [0.25, 0.3) is 21.5 Å². The van der Waals surface area contributed by atoms with Gasteiger partial charge in [0, 0.05) is 28.2 Å². The summed E-state index contributed by atoms with van der Waals surface area (Å²) in [6, 6.07) is 41.1. The Kier molecular flexibility index (Phi) is 22.7. The van der Waals surface area contributed by atoms with Crippen LogP contribution in [0.1, 0.15) is 47.1 Å². The first kappa shape index (κ1) is 64.1. The molecule has 0 atom stereocenters. The summed E-state index contributed by atoms with van der Waals surface area (Å²) in [6.07, 6.45) is 0.615. The summed E-state index contributed by atoms with van der Waals surface area (Å²) in [5.74, 6) is 0.0683. The number of aromatic hydroxyl groups is 1. The van der Waals surface area contributed by atoms with Crippen molar-refractivity contribution in [1.29, 1.82) is 0 Å². The van der Waals surface area contributed by atoms with Gasteiger partial charge in [0.1, 0.15) is 22.9 Å². The van der Waals surface area contributed by atoms with Gasteiger partial charge in [-0.05, 0) is 177 Å². The SMILES string of the molecule is Cc1cc(N=Nc2cc(C)c(N=Nc3cc(C)c(N=Nc4ccc5cc(Nc6ccccc6)ccc5c4O)cc3C)cc2C)c(OCCCCS(=O)(=O)O)cc1N=Nc1ccc2cccc(OCCCS(=O)(=O)O)c2c1.O=S(=O)=O.O=S(=O)=O. The van der Waals surface area contributed by atoms with Gasteiger partial charge >= 0.3 is 21.2 Å². The number of azo groups is 4. The topological polar surface area (TPSA) is 361 Å². The number of benzene rings is 8. The standard InChI is InChI=1S/C56H55N9O9S2.2O3S/c1-35-28-49(36(2)27-48(35)61-59-47-22-18-41-32-43(20-21-45(41)56(47)66)57-42-14-7-6-8-15-42)62-63-50-29-38(4)51(30-37(50)3)64-65-53-31-39(5)52(34-55(53)74-23-9-10-25-75(67,68)69)60-58-44-19-17-40-13-11-16-54(46(40)33-44)73-24-12-26-76(70,71)72;2*1-4(2)3/h6-8,11,13-22,27-34,57,66H,9-10,12,23-26H2,1-5H3,(H,67,68,69)(H,70,71,72);;. The third-order valence-electron chi connectivity index (χ3n) is 12.1. The van der Waals surface area contributed by atoms with Crippen LogP contribution in [-0.2, 0) is 41.5 Å². The second kappa shape index (κ2) is 29.8. The largest absolute Gasteiger partial charge is 0.505 e. The van der Waals surface area contributed by atoms with Gasteiger partial charge in [-0.1, -0.05) is 42.5 Å². The summed E-state index contributed by atoms with van der Waals surface area (Å²) >= 11 is 0. The van der Waals surface area contributed by atoms with Crippen molar-refractivity contribution in [1.82, 2.24) is 0 Å². The van der Waals surface area contributed by atoms with Gasteiger partial charge in [-0.15, -0.1) is 35.5 Å². The van der Waals surface area contributed by atoms with Gasteiger partial charge < -0.3 is 19.9 Å². The number of phenolic OH excluding ortho intramolecular Hbond substituents is 1. The molecule has 8 aromatic carbocycles. The molecule has 24 nitrogen and oxygen atoms in total. The van der Waals surface area contributed by atoms with Gasteiger partial charge in [-0.25, -0.2) is 0 Å². The number of hydrogen-bond acceptors (Lipinski definition) is 22. The Morgan fingerprint density at radius 2 is 0.881 bits per heavy atom. The monoisotopic (exact) mass is 1220 g/mol. The number of phenols is 1. The predicted octanol–water partition coefficient (Wildman–Crippen LogP) is 14.3. The summed E-state index contributed by atoms with van der Waals surface area (Å²) < 4.78 is 126. The highest BCUT2D eigenvalue weighted by molar-refractivity contribution is 7.86. The normalized spacial score (nSPS) is 11.7. The highest BCUT2D eigenvalue weighted by Gasteiger charge is 2.14. The molecule has 8 rings (SSSR count). The van der Waals surface area contributed by atoms with Crippen LogP contribution in [0.5, 0.6) is 17.2 Å². The van der Waals surface area contributed by atoms with Crippen molar-refractivity contribution in [2.75, 3.05) is 30.0 Å². The van der Waals surface area contributed by atoms with E-state index in [0.717, 1.165) is 49.8 Å². The van der Waals surface area contributed by atoms with Crippen LogP contribution in [0.2, 0.25) is 0 Å². The lowest BCUT2D eigenvalue weighted by Crippen LogP contribution is -2.08. The molecule has 0 aliphatic rings. The predicted molar refractivity (Wildman–Crippen MR) is 316 cm³/mol. The molecule has 0 fully saturated rings. The molecule has 0 amide bonds. The maximum Gasteiger partial charge on any atom is 0.425 e. The maximum absolute atomic E-state index is 11.3. The van der Waals surface area contributed by atoms with Crippen molar-refractivity contribution >= 4 is 120 Å². The van der Waals surface area contributed by atoms with Gasteiger partial charge in [0.05, 0.1) is 58.8 Å². The number of hydrogen-bond donors (Lipinski definition) is 4. The van der Waals surface area contributed by atoms with E-state index >= 15 is 0 Å². The van der Waals surface area contributed by atoms with Gasteiger partial charge in [0.25, 0.3) is 20.2 Å². The van der Waals surface area contributed by atoms with Crippen LogP contribution < -0.4 is 14.8 Å². The van der Waals surface area contributed by atoms with Crippen molar-refractivity contribution in [2.24, 2.45) is 40.9 Å². The first-order chi connectivity index (χ1) is 39.8. The molecule has 0 unspecified atom stereocenters. The van der Waals surface area contributed by atoms with Crippen molar-refractivity contribution in [3.63, 3.8) is 0 Å². The average molecular weight is 1220 g/mol. The minimum absolute atomic E-state index is 0.0395. The van der Waals surface area contributed by atoms with Gasteiger partial charge in [-0.3, -0.25) is 9.11 Å². The molecule has 0 spiro atoms. The highest BCUT2D eigenvalue weighted by atomic mass is 32.2. The Morgan fingerprint density at radius 3 is 1.44 bits per heavy atom. The lowest BCUT2D eigenvalue weighted by molar-refractivity contribution is 0.310. The Morgan fingerprint density at radius 1 is 0.417 bits per heavy atom. The zero-order valence-corrected chi connectivity index (χ0v) is 48.9. The molecule has 28 heteroatoms. The second-order valence-electron chi connectivity index (χ2n) is 18.5. The van der Waals surface area contributed by atoms with E-state index in [9.17, 15) is 26.5 Å². The van der Waals surface area contributed by atoms with E-state index in [4.69, 9.17) is 39.3 Å². The maximum atomic E-state index is 11.3. The fourth-order valence-electron chi connectivity index (χ4n) is 7.96. The molecule has 8 aromatic rings. The zero-order valence-electron chi connectivity index (χ0n) is 45.6. The third-order valence-corrected chi connectivity index (χ3v) is 13.7. The van der Waals surface area contributed by atoms with Crippen molar-refractivity contribution < 1.29 is 65.8 Å². The minimum atomic E-state index is -4.13. The van der Waals surface area contributed by atoms with E-state index in [1.54, 1.807) is 36.4 Å². The Bertz CT molecular complexity index is 4280. The molecule has 0 aromatic heterocycles. The molecule has 438 valence electrons. The number of nitrogens with zero attached hydrogens (tertiary/aromatic N) is 8. The van der Waals surface area contributed by atoms with Crippen LogP contribution in [0.3, 0.4) is 0 Å². The molecule has 0 heterocycles. The quantitative estimate of drug-likeness (QED) is 0.0295. The number of rotatable bonds is 21. The number of para-hydroxylation sites is 1. The van der Waals surface area contributed by atoms with E-state index in [0.29, 0.717) is 74.4 Å². The molecule has 0 bridgehead atoms. The molecule has 0 saturated heterocycles. The number of anilines is 2. The number of unbranched alkanes of at least 4 members (excludes halogenated alkanes) is 1. The van der Waals surface area contributed by atoms with E-state index in [2.05, 4.69) is 46.2 Å². The molecular formula is C56H55N9O15S4. The first-order valence-corrected chi connectivity index (χ1v) is 30.4. The van der Waals surface area contributed by atoms with Gasteiger partial charge in [-0.2, -0.15) is 47.5 Å². The van der Waals surface area contributed by atoms with Gasteiger partial charge in [0.2, 0.25) is 0 Å². The molecule has 0 radical (unpaired) electrons. The Balaban J connectivity index is 0.00000133. The number of fused-ring (bicyclic) bond motifs is 2.